The molecule has 2 atom stereocenters. The second-order valence-electron chi connectivity index (χ2n) is 9.01. The number of carbonyl (C=O) groups excluding carboxylic acids is 1. The second-order valence-corrected chi connectivity index (χ2v) is 9.01. The van der Waals surface area contributed by atoms with Crippen molar-refractivity contribution < 1.29 is 4.79 Å². The molecule has 0 saturated carbocycles. The number of benzene rings is 1. The highest BCUT2D eigenvalue weighted by Crippen LogP contribution is 2.37. The van der Waals surface area contributed by atoms with E-state index in [-0.39, 0.29) is 11.9 Å². The Balaban J connectivity index is 1.25. The summed E-state index contributed by atoms with van der Waals surface area (Å²) in [6.07, 6.45) is 6.30. The van der Waals surface area contributed by atoms with Crippen molar-refractivity contribution in [2.24, 2.45) is 5.92 Å². The Morgan fingerprint density at radius 1 is 1.09 bits per heavy atom. The van der Waals surface area contributed by atoms with Crippen molar-refractivity contribution in [2.45, 2.75) is 25.4 Å². The molecule has 4 heterocycles. The van der Waals surface area contributed by atoms with Gasteiger partial charge in [0.15, 0.2) is 0 Å². The standard InChI is InChI=1S/C26H25N5O/c1-16-14-31(15-16)23-12-17-4-2-3-5-19(17)24(23)30-26(32)18-6-7-22(29-13-18)20-8-10-27-25-21(20)9-11-28-25/h2-11,13,16,23-24H,12,14-15H2,1H3,(H,27,28)(H,30,32)/t23-,24-/m1/s1. The summed E-state index contributed by atoms with van der Waals surface area (Å²) in [6, 6.07) is 16.5. The largest absolute Gasteiger partial charge is 0.346 e. The van der Waals surface area contributed by atoms with Crippen LogP contribution in [0.25, 0.3) is 22.3 Å². The number of nitrogens with zero attached hydrogens (tertiary/aromatic N) is 3. The molecule has 0 unspecified atom stereocenters. The minimum absolute atomic E-state index is 0.00514. The van der Waals surface area contributed by atoms with Crippen LogP contribution in [0.3, 0.4) is 0 Å². The Morgan fingerprint density at radius 2 is 1.97 bits per heavy atom. The van der Waals surface area contributed by atoms with Crippen LogP contribution in [0, 0.1) is 5.92 Å². The highest BCUT2D eigenvalue weighted by molar-refractivity contribution is 5.95. The van der Waals surface area contributed by atoms with E-state index in [0.29, 0.717) is 11.6 Å². The molecule has 3 aromatic heterocycles. The molecule has 0 radical (unpaired) electrons. The van der Waals surface area contributed by atoms with E-state index in [2.05, 4.69) is 56.4 Å². The Morgan fingerprint density at radius 3 is 2.78 bits per heavy atom. The van der Waals surface area contributed by atoms with Gasteiger partial charge in [-0.1, -0.05) is 31.2 Å². The van der Waals surface area contributed by atoms with Crippen LogP contribution in [0.1, 0.15) is 34.5 Å². The molecule has 1 saturated heterocycles. The normalized spacial score (nSPS) is 20.8. The van der Waals surface area contributed by atoms with Crippen LogP contribution >= 0.6 is 0 Å². The lowest BCUT2D eigenvalue weighted by Crippen LogP contribution is -2.54. The van der Waals surface area contributed by atoms with Crippen LogP contribution in [0.5, 0.6) is 0 Å². The number of H-pyrrole nitrogens is 1. The smallest absolute Gasteiger partial charge is 0.253 e. The molecule has 1 aliphatic heterocycles. The summed E-state index contributed by atoms with van der Waals surface area (Å²) in [5.41, 5.74) is 5.81. The number of likely N-dealkylation sites (tertiary alicyclic amines) is 1. The van der Waals surface area contributed by atoms with E-state index >= 15 is 0 Å². The van der Waals surface area contributed by atoms with Gasteiger partial charge in [-0.05, 0) is 47.7 Å². The van der Waals surface area contributed by atoms with Gasteiger partial charge in [-0.2, -0.15) is 0 Å². The van der Waals surface area contributed by atoms with Crippen LogP contribution < -0.4 is 5.32 Å². The Bertz CT molecular complexity index is 1290. The topological polar surface area (TPSA) is 73.9 Å². The van der Waals surface area contributed by atoms with Crippen molar-refractivity contribution in [3.63, 3.8) is 0 Å². The fraction of sp³-hybridized carbons (Fsp3) is 0.269. The maximum Gasteiger partial charge on any atom is 0.253 e. The van der Waals surface area contributed by atoms with Crippen molar-refractivity contribution >= 4 is 16.9 Å². The summed E-state index contributed by atoms with van der Waals surface area (Å²) in [5.74, 6) is 0.650. The lowest BCUT2D eigenvalue weighted by Gasteiger charge is -2.44. The van der Waals surface area contributed by atoms with E-state index in [4.69, 9.17) is 0 Å². The lowest BCUT2D eigenvalue weighted by molar-refractivity contribution is 0.0466. The third kappa shape index (κ3) is 3.19. The molecule has 1 amide bonds. The summed E-state index contributed by atoms with van der Waals surface area (Å²) in [7, 11) is 0. The van der Waals surface area contributed by atoms with E-state index in [9.17, 15) is 4.79 Å². The highest BCUT2D eigenvalue weighted by atomic mass is 16.1. The molecule has 1 fully saturated rings. The van der Waals surface area contributed by atoms with Crippen LogP contribution in [0.15, 0.2) is 67.1 Å². The van der Waals surface area contributed by atoms with E-state index < -0.39 is 0 Å². The van der Waals surface area contributed by atoms with Crippen molar-refractivity contribution in [1.82, 2.24) is 25.2 Å². The minimum Gasteiger partial charge on any atom is -0.346 e. The molecule has 6 nitrogen and oxygen atoms in total. The number of hydrogen-bond donors (Lipinski definition) is 2. The van der Waals surface area contributed by atoms with E-state index in [0.717, 1.165) is 47.7 Å². The number of aromatic amines is 1. The number of rotatable bonds is 4. The number of aromatic nitrogens is 3. The molecule has 4 aromatic rings. The SMILES string of the molecule is CC1CN([C@@H]2Cc3ccccc3[C@H]2NC(=O)c2ccc(-c3ccnc4[nH]ccc34)nc2)C1. The monoisotopic (exact) mass is 423 g/mol. The van der Waals surface area contributed by atoms with Crippen LogP contribution in [0.4, 0.5) is 0 Å². The van der Waals surface area contributed by atoms with Gasteiger partial charge >= 0.3 is 0 Å². The van der Waals surface area contributed by atoms with Crippen LogP contribution in [-0.4, -0.2) is 44.9 Å². The first-order valence-electron chi connectivity index (χ1n) is 11.2. The van der Waals surface area contributed by atoms with Gasteiger partial charge in [0.1, 0.15) is 5.65 Å². The molecule has 6 rings (SSSR count). The zero-order chi connectivity index (χ0) is 21.7. The van der Waals surface area contributed by atoms with Gasteiger partial charge < -0.3 is 10.3 Å². The highest BCUT2D eigenvalue weighted by Gasteiger charge is 2.40. The summed E-state index contributed by atoms with van der Waals surface area (Å²) < 4.78 is 0. The number of pyridine rings is 2. The molecule has 32 heavy (non-hydrogen) atoms. The number of hydrogen-bond acceptors (Lipinski definition) is 4. The van der Waals surface area contributed by atoms with Gasteiger partial charge in [0.05, 0.1) is 17.3 Å². The molecule has 160 valence electrons. The Hall–Kier alpha value is -3.51. The summed E-state index contributed by atoms with van der Waals surface area (Å²) in [6.45, 7) is 4.48. The third-order valence-corrected chi connectivity index (χ3v) is 6.81. The first kappa shape index (κ1) is 19.2. The minimum atomic E-state index is -0.0779. The molecule has 2 N–H and O–H groups in total. The van der Waals surface area contributed by atoms with E-state index in [1.807, 2.05) is 30.5 Å². The Labute approximate surface area is 186 Å². The fourth-order valence-corrected chi connectivity index (χ4v) is 5.20. The van der Waals surface area contributed by atoms with Crippen LogP contribution in [-0.2, 0) is 6.42 Å². The molecule has 1 aromatic carbocycles. The second kappa shape index (κ2) is 7.57. The van der Waals surface area contributed by atoms with Gasteiger partial charge in [0, 0.05) is 48.7 Å². The van der Waals surface area contributed by atoms with Crippen LogP contribution in [0.2, 0.25) is 0 Å². The van der Waals surface area contributed by atoms with Gasteiger partial charge in [-0.25, -0.2) is 4.98 Å². The first-order chi connectivity index (χ1) is 15.7. The van der Waals surface area contributed by atoms with Gasteiger partial charge in [0.2, 0.25) is 0 Å². The number of carbonyl (C=O) groups is 1. The number of amides is 1. The average Bonchev–Trinajstić information content (AvgIpc) is 3.42. The predicted octanol–water partition coefficient (Wildman–Crippen LogP) is 3.97. The zero-order valence-electron chi connectivity index (χ0n) is 18.0. The maximum absolute atomic E-state index is 13.2. The van der Waals surface area contributed by atoms with Crippen molar-refractivity contribution in [3.05, 3.63) is 83.8 Å². The summed E-state index contributed by atoms with van der Waals surface area (Å²) in [4.78, 5) is 27.7. The molecule has 0 spiro atoms. The maximum atomic E-state index is 13.2. The lowest BCUT2D eigenvalue weighted by atomic mass is 9.96. The van der Waals surface area contributed by atoms with Gasteiger partial charge in [-0.15, -0.1) is 0 Å². The van der Waals surface area contributed by atoms with Crippen molar-refractivity contribution in [3.8, 4) is 11.3 Å². The van der Waals surface area contributed by atoms with Gasteiger partial charge in [-0.3, -0.25) is 14.7 Å². The molecular weight excluding hydrogens is 398 g/mol. The number of fused-ring (bicyclic) bond motifs is 2. The average molecular weight is 424 g/mol. The molecule has 0 bridgehead atoms. The Kier molecular flexibility index (Phi) is 4.54. The summed E-state index contributed by atoms with van der Waals surface area (Å²) >= 11 is 0. The quantitative estimate of drug-likeness (QED) is 0.521. The fourth-order valence-electron chi connectivity index (χ4n) is 5.20. The van der Waals surface area contributed by atoms with E-state index in [1.54, 1.807) is 12.4 Å². The third-order valence-electron chi connectivity index (χ3n) is 6.81. The van der Waals surface area contributed by atoms with Crippen molar-refractivity contribution in [1.29, 1.82) is 0 Å². The van der Waals surface area contributed by atoms with Crippen molar-refractivity contribution in [2.75, 3.05) is 13.1 Å². The number of nitrogens with one attached hydrogen (secondary N) is 2. The first-order valence-corrected chi connectivity index (χ1v) is 11.2. The molecule has 2 aliphatic rings. The zero-order valence-corrected chi connectivity index (χ0v) is 18.0. The predicted molar refractivity (Wildman–Crippen MR) is 124 cm³/mol. The van der Waals surface area contributed by atoms with Gasteiger partial charge in [0.25, 0.3) is 5.91 Å². The summed E-state index contributed by atoms with van der Waals surface area (Å²) in [5, 5.41) is 4.33. The molecular formula is C26H25N5O. The molecule has 1 aliphatic carbocycles. The molecule has 6 heteroatoms. The van der Waals surface area contributed by atoms with E-state index in [1.165, 1.54) is 11.1 Å².